The minimum Gasteiger partial charge on any atom is -0.462 e. The van der Waals surface area contributed by atoms with Crippen LogP contribution in [-0.4, -0.2) is 24.8 Å². The average molecular weight is 273 g/mol. The zero-order chi connectivity index (χ0) is 14.3. The number of hydrogen-bond acceptors (Lipinski definition) is 3. The van der Waals surface area contributed by atoms with Gasteiger partial charge in [-0.2, -0.15) is 0 Å². The number of esters is 1. The molecule has 0 bridgehead atoms. The van der Waals surface area contributed by atoms with Gasteiger partial charge < -0.3 is 4.74 Å². The fourth-order valence-electron chi connectivity index (χ4n) is 2.48. The van der Waals surface area contributed by atoms with Gasteiger partial charge in [-0.05, 0) is 24.4 Å². The van der Waals surface area contributed by atoms with Gasteiger partial charge >= 0.3 is 5.97 Å². The van der Waals surface area contributed by atoms with Gasteiger partial charge in [0.1, 0.15) is 0 Å². The first-order valence-electron chi connectivity index (χ1n) is 6.31. The molecule has 2 aromatic rings. The van der Waals surface area contributed by atoms with E-state index in [4.69, 9.17) is 0 Å². The van der Waals surface area contributed by atoms with Crippen LogP contribution in [0.2, 0.25) is 0 Å². The maximum Gasteiger partial charge on any atom is 0.362 e. The Morgan fingerprint density at radius 1 is 1.30 bits per heavy atom. The van der Waals surface area contributed by atoms with Gasteiger partial charge in [-0.15, -0.1) is 0 Å². The zero-order valence-corrected chi connectivity index (χ0v) is 10.8. The van der Waals surface area contributed by atoms with E-state index >= 15 is 0 Å². The second kappa shape index (κ2) is 4.59. The molecular weight excluding hydrogens is 261 g/mol. The molecule has 1 amide bonds. The van der Waals surface area contributed by atoms with Gasteiger partial charge in [0.2, 0.25) is 0 Å². The predicted octanol–water partition coefficient (Wildman–Crippen LogP) is 2.66. The van der Waals surface area contributed by atoms with Crippen molar-refractivity contribution in [3.63, 3.8) is 0 Å². The smallest absolute Gasteiger partial charge is 0.362 e. The van der Waals surface area contributed by atoms with Gasteiger partial charge in [-0.1, -0.05) is 24.3 Å². The minimum absolute atomic E-state index is 0.0679. The maximum atomic E-state index is 14.3. The summed E-state index contributed by atoms with van der Waals surface area (Å²) in [5, 5.41) is 1.51. The van der Waals surface area contributed by atoms with Crippen LogP contribution < -0.4 is 4.90 Å². The highest BCUT2D eigenvalue weighted by molar-refractivity contribution is 6.26. The van der Waals surface area contributed by atoms with Crippen molar-refractivity contribution < 1.29 is 18.7 Å². The van der Waals surface area contributed by atoms with Crippen LogP contribution in [0.5, 0.6) is 0 Å². The second-order valence-corrected chi connectivity index (χ2v) is 4.44. The molecule has 2 aromatic carbocycles. The number of benzene rings is 2. The number of rotatable bonds is 3. The Hall–Kier alpha value is -2.43. The SMILES string of the molecule is CCOC(=O)C(F)N1C(=O)c2cccc3cccc1c23. The lowest BCUT2D eigenvalue weighted by Gasteiger charge is -2.20. The summed E-state index contributed by atoms with van der Waals surface area (Å²) < 4.78 is 18.9. The molecule has 0 radical (unpaired) electrons. The van der Waals surface area contributed by atoms with Crippen molar-refractivity contribution >= 4 is 28.3 Å². The molecule has 5 heteroatoms. The van der Waals surface area contributed by atoms with Crippen LogP contribution >= 0.6 is 0 Å². The van der Waals surface area contributed by atoms with Gasteiger partial charge in [0.25, 0.3) is 12.2 Å². The first-order valence-corrected chi connectivity index (χ1v) is 6.31. The molecule has 0 fully saturated rings. The van der Waals surface area contributed by atoms with E-state index in [1.165, 1.54) is 0 Å². The summed E-state index contributed by atoms with van der Waals surface area (Å²) >= 11 is 0. The number of hydrogen-bond donors (Lipinski definition) is 0. The summed E-state index contributed by atoms with van der Waals surface area (Å²) in [6, 6.07) is 10.4. The van der Waals surface area contributed by atoms with Crippen molar-refractivity contribution in [1.29, 1.82) is 0 Å². The molecule has 20 heavy (non-hydrogen) atoms. The highest BCUT2D eigenvalue weighted by atomic mass is 19.1. The van der Waals surface area contributed by atoms with Crippen molar-refractivity contribution in [2.45, 2.75) is 13.2 Å². The monoisotopic (exact) mass is 273 g/mol. The molecule has 1 atom stereocenters. The average Bonchev–Trinajstić information content (AvgIpc) is 2.74. The molecule has 0 spiro atoms. The Kier molecular flexibility index (Phi) is 2.89. The molecule has 0 aliphatic carbocycles. The summed E-state index contributed by atoms with van der Waals surface area (Å²) in [5.74, 6) is -1.57. The molecule has 0 N–H and O–H groups in total. The van der Waals surface area contributed by atoms with E-state index in [9.17, 15) is 14.0 Å². The number of anilines is 1. The number of carbonyl (C=O) groups is 2. The Bertz CT molecular complexity index is 708. The minimum atomic E-state index is -2.12. The summed E-state index contributed by atoms with van der Waals surface area (Å²) in [4.78, 5) is 24.7. The van der Waals surface area contributed by atoms with Gasteiger partial charge in [-0.25, -0.2) is 9.18 Å². The lowest BCUT2D eigenvalue weighted by atomic mass is 10.1. The van der Waals surface area contributed by atoms with E-state index in [1.807, 2.05) is 12.1 Å². The maximum absolute atomic E-state index is 14.3. The van der Waals surface area contributed by atoms with E-state index in [1.54, 1.807) is 31.2 Å². The van der Waals surface area contributed by atoms with E-state index in [-0.39, 0.29) is 6.61 Å². The molecule has 1 aliphatic rings. The quantitative estimate of drug-likeness (QED) is 0.638. The van der Waals surface area contributed by atoms with Gasteiger partial charge in [0.15, 0.2) is 0 Å². The van der Waals surface area contributed by atoms with Crippen molar-refractivity contribution in [1.82, 2.24) is 0 Å². The first kappa shape index (κ1) is 12.6. The molecular formula is C15H12FNO3. The van der Waals surface area contributed by atoms with E-state index in [0.29, 0.717) is 16.6 Å². The molecule has 3 rings (SSSR count). The van der Waals surface area contributed by atoms with E-state index in [2.05, 4.69) is 4.74 Å². The lowest BCUT2D eigenvalue weighted by molar-refractivity contribution is -0.148. The first-order chi connectivity index (χ1) is 9.65. The Balaban J connectivity index is 2.11. The molecule has 0 saturated carbocycles. The molecule has 1 heterocycles. The van der Waals surface area contributed by atoms with Gasteiger partial charge in [0.05, 0.1) is 12.3 Å². The van der Waals surface area contributed by atoms with Gasteiger partial charge in [0, 0.05) is 10.9 Å². The van der Waals surface area contributed by atoms with Crippen LogP contribution in [-0.2, 0) is 9.53 Å². The summed E-state index contributed by atoms with van der Waals surface area (Å²) in [6.45, 7) is 1.66. The number of nitrogens with zero attached hydrogens (tertiary/aromatic N) is 1. The number of carbonyl (C=O) groups excluding carboxylic acids is 2. The molecule has 0 saturated heterocycles. The molecule has 1 aliphatic heterocycles. The highest BCUT2D eigenvalue weighted by Crippen LogP contribution is 2.38. The van der Waals surface area contributed by atoms with Crippen LogP contribution in [0.3, 0.4) is 0 Å². The van der Waals surface area contributed by atoms with Gasteiger partial charge in [-0.3, -0.25) is 9.69 Å². The normalized spacial score (nSPS) is 14.7. The molecule has 4 nitrogen and oxygen atoms in total. The third-order valence-corrected chi connectivity index (χ3v) is 3.30. The largest absolute Gasteiger partial charge is 0.462 e. The third-order valence-electron chi connectivity index (χ3n) is 3.30. The number of alkyl halides is 1. The molecule has 1 unspecified atom stereocenters. The van der Waals surface area contributed by atoms with Crippen LogP contribution in [0.4, 0.5) is 10.1 Å². The van der Waals surface area contributed by atoms with Crippen LogP contribution in [0.15, 0.2) is 36.4 Å². The summed E-state index contributed by atoms with van der Waals surface area (Å²) in [7, 11) is 0. The van der Waals surface area contributed by atoms with E-state index < -0.39 is 18.2 Å². The Morgan fingerprint density at radius 2 is 2.00 bits per heavy atom. The van der Waals surface area contributed by atoms with Crippen molar-refractivity contribution in [3.05, 3.63) is 42.0 Å². The van der Waals surface area contributed by atoms with Crippen molar-refractivity contribution in [2.24, 2.45) is 0 Å². The highest BCUT2D eigenvalue weighted by Gasteiger charge is 2.39. The Labute approximate surface area is 114 Å². The standard InChI is InChI=1S/C15H12FNO3/c1-2-20-15(19)13(16)17-11-8-4-6-9-5-3-7-10(12(9)11)14(17)18/h3-8,13H,2H2,1H3. The van der Waals surface area contributed by atoms with Crippen LogP contribution in [0.1, 0.15) is 17.3 Å². The fraction of sp³-hybridized carbons (Fsp3) is 0.200. The number of amides is 1. The van der Waals surface area contributed by atoms with Crippen molar-refractivity contribution in [2.75, 3.05) is 11.5 Å². The topological polar surface area (TPSA) is 46.6 Å². The lowest BCUT2D eigenvalue weighted by Crippen LogP contribution is -2.41. The Morgan fingerprint density at radius 3 is 2.70 bits per heavy atom. The molecule has 102 valence electrons. The summed E-state index contributed by atoms with van der Waals surface area (Å²) in [6.07, 6.45) is -2.12. The molecule has 0 aromatic heterocycles. The zero-order valence-electron chi connectivity index (χ0n) is 10.8. The van der Waals surface area contributed by atoms with Crippen molar-refractivity contribution in [3.8, 4) is 0 Å². The predicted molar refractivity (Wildman–Crippen MR) is 72.3 cm³/mol. The second-order valence-electron chi connectivity index (χ2n) is 4.44. The van der Waals surface area contributed by atoms with Crippen LogP contribution in [0, 0.1) is 0 Å². The van der Waals surface area contributed by atoms with E-state index in [0.717, 1.165) is 10.3 Å². The third kappa shape index (κ3) is 1.66. The van der Waals surface area contributed by atoms with Crippen LogP contribution in [0.25, 0.3) is 10.8 Å². The number of ether oxygens (including phenoxy) is 1. The fourth-order valence-corrected chi connectivity index (χ4v) is 2.48. The number of halogens is 1. The summed E-state index contributed by atoms with van der Waals surface area (Å²) in [5.41, 5.74) is 0.814.